The summed E-state index contributed by atoms with van der Waals surface area (Å²) in [6.45, 7) is 0. The number of rotatable bonds is 9. The molecule has 0 radical (unpaired) electrons. The molecule has 0 amide bonds. The van der Waals surface area contributed by atoms with Crippen LogP contribution in [0.25, 0.3) is 83.1 Å². The lowest BCUT2D eigenvalue weighted by Crippen LogP contribution is -2.09. The van der Waals surface area contributed by atoms with Crippen LogP contribution >= 0.6 is 0 Å². The molecule has 0 spiro atoms. The molecular weight excluding hydrogens is 749 g/mol. The van der Waals surface area contributed by atoms with Crippen molar-refractivity contribution in [2.24, 2.45) is 0 Å². The molecule has 1 aromatic heterocycles. The first kappa shape index (κ1) is 29.9. The van der Waals surface area contributed by atoms with Gasteiger partial charge >= 0.3 is 0 Å². The zero-order valence-corrected chi connectivity index (χ0v) is 33.6. The van der Waals surface area contributed by atoms with E-state index in [1.54, 1.807) is 4.90 Å². The van der Waals surface area contributed by atoms with Gasteiger partial charge in [0.15, 0.2) is 0 Å². The Morgan fingerprint density at radius 1 is 0.306 bits per heavy atom. The van der Waals surface area contributed by atoms with Crippen LogP contribution in [0, 0.1) is 0 Å². The van der Waals surface area contributed by atoms with E-state index in [9.17, 15) is 9.60 Å². The lowest BCUT2D eigenvalue weighted by molar-refractivity contribution is 1.18. The number of fused-ring (bicyclic) bond motifs is 3. The van der Waals surface area contributed by atoms with Gasteiger partial charge in [0.2, 0.25) is 0 Å². The first-order valence-corrected chi connectivity index (χ1v) is 20.7. The van der Waals surface area contributed by atoms with E-state index >= 15 is 0 Å². The second-order valence-electron chi connectivity index (χ2n) is 15.1. The number of hydrogen-bond donors (Lipinski definition) is 0. The van der Waals surface area contributed by atoms with Gasteiger partial charge in [-0.15, -0.1) is 0 Å². The number of nitrogens with zero attached hydrogens (tertiary/aromatic N) is 2. The van der Waals surface area contributed by atoms with Crippen LogP contribution in [0.2, 0.25) is 0 Å². The normalized spacial score (nSPS) is 12.8. The zero-order valence-electron chi connectivity index (χ0n) is 40.6. The van der Waals surface area contributed by atoms with Gasteiger partial charge in [0.1, 0.15) is 0 Å². The predicted molar refractivity (Wildman–Crippen MR) is 263 cm³/mol. The number of hydrogen-bond acceptors (Lipinski definition) is 1. The number of aromatic nitrogens is 1. The van der Waals surface area contributed by atoms with Crippen LogP contribution in [0.3, 0.4) is 0 Å². The van der Waals surface area contributed by atoms with Crippen LogP contribution in [-0.2, 0) is 0 Å². The summed E-state index contributed by atoms with van der Waals surface area (Å²) in [5, 5.41) is 1.72. The Labute approximate surface area is 372 Å². The lowest BCUT2D eigenvalue weighted by atomic mass is 9.91. The van der Waals surface area contributed by atoms with Crippen LogP contribution in [0.5, 0.6) is 0 Å². The molecule has 62 heavy (non-hydrogen) atoms. The maximum absolute atomic E-state index is 10.1. The Morgan fingerprint density at radius 3 is 1.31 bits per heavy atom. The zero-order chi connectivity index (χ0) is 47.3. The van der Waals surface area contributed by atoms with Crippen molar-refractivity contribution in [1.82, 2.24) is 4.57 Å². The standard InChI is InChI=1S/C60H42N2/c1-5-16-43(17-6-1)46-28-34-53(35-29-46)61(54-36-30-47(31-37-54)44-18-7-2-8-19-44)55-38-32-48(33-39-55)50-40-49(45-20-9-3-10-21-45)41-51(42-50)56-25-15-27-59-60(56)57-24-13-14-26-58(57)62(59)52-22-11-4-12-23-52/h1-42H/i32D,33D,38D,39D,40D,41D,42D. The van der Waals surface area contributed by atoms with Gasteiger partial charge in [-0.25, -0.2) is 0 Å². The maximum Gasteiger partial charge on any atom is 0.0645 e. The minimum absolute atomic E-state index is 0.0193. The van der Waals surface area contributed by atoms with E-state index in [1.165, 1.54) is 0 Å². The Balaban J connectivity index is 1.15. The van der Waals surface area contributed by atoms with Crippen molar-refractivity contribution < 1.29 is 9.60 Å². The van der Waals surface area contributed by atoms with E-state index in [-0.39, 0.29) is 58.2 Å². The smallest absolute Gasteiger partial charge is 0.0645 e. The average Bonchev–Trinajstić information content (AvgIpc) is 3.74. The van der Waals surface area contributed by atoms with Crippen molar-refractivity contribution in [1.29, 1.82) is 0 Å². The first-order chi connectivity index (χ1) is 33.7. The van der Waals surface area contributed by atoms with E-state index in [0.29, 0.717) is 22.5 Å². The Bertz CT molecular complexity index is 3600. The van der Waals surface area contributed by atoms with Crippen LogP contribution < -0.4 is 4.90 Å². The SMILES string of the molecule is [2H]c1c([2H])c(N(c2ccc(-c3ccccc3)cc2)c2ccc(-c3ccccc3)cc2)c([2H])c([2H])c1-c1c([2H])c(-c2ccccc2)c([2H])c(-c2cccc3c2c2ccccc2n3-c2ccccc2)c1[2H]. The Kier molecular flexibility index (Phi) is 7.77. The van der Waals surface area contributed by atoms with Gasteiger partial charge in [-0.3, -0.25) is 0 Å². The number of anilines is 3. The molecule has 0 aliphatic carbocycles. The molecule has 292 valence electrons. The first-order valence-electron chi connectivity index (χ1n) is 24.2. The molecule has 0 N–H and O–H groups in total. The second-order valence-corrected chi connectivity index (χ2v) is 15.1. The summed E-state index contributed by atoms with van der Waals surface area (Å²) < 4.78 is 71.3. The van der Waals surface area contributed by atoms with Crippen LogP contribution in [0.15, 0.2) is 255 Å². The van der Waals surface area contributed by atoms with Gasteiger partial charge in [0.25, 0.3) is 0 Å². The molecule has 11 rings (SSSR count). The summed E-state index contributed by atoms with van der Waals surface area (Å²) >= 11 is 0. The molecule has 0 unspecified atom stereocenters. The van der Waals surface area contributed by atoms with Crippen molar-refractivity contribution in [3.63, 3.8) is 0 Å². The minimum Gasteiger partial charge on any atom is -0.311 e. The van der Waals surface area contributed by atoms with Gasteiger partial charge < -0.3 is 9.47 Å². The van der Waals surface area contributed by atoms with Gasteiger partial charge in [-0.2, -0.15) is 0 Å². The van der Waals surface area contributed by atoms with Crippen LogP contribution in [0.1, 0.15) is 9.60 Å². The second kappa shape index (κ2) is 16.1. The molecule has 2 nitrogen and oxygen atoms in total. The molecule has 2 heteroatoms. The van der Waals surface area contributed by atoms with Crippen molar-refractivity contribution in [3.8, 4) is 61.3 Å². The van der Waals surface area contributed by atoms with Gasteiger partial charge in [0, 0.05) is 33.5 Å². The molecule has 1 heterocycles. The third-order valence-corrected chi connectivity index (χ3v) is 11.3. The highest BCUT2D eigenvalue weighted by molar-refractivity contribution is 6.16. The molecule has 0 atom stereocenters. The van der Waals surface area contributed by atoms with E-state index in [1.807, 2.05) is 212 Å². The van der Waals surface area contributed by atoms with Crippen molar-refractivity contribution >= 4 is 38.9 Å². The highest BCUT2D eigenvalue weighted by Crippen LogP contribution is 2.42. The van der Waals surface area contributed by atoms with Crippen molar-refractivity contribution in [2.45, 2.75) is 0 Å². The van der Waals surface area contributed by atoms with Crippen molar-refractivity contribution in [3.05, 3.63) is 255 Å². The molecule has 0 bridgehead atoms. The van der Waals surface area contributed by atoms with Crippen LogP contribution in [-0.4, -0.2) is 4.57 Å². The monoisotopic (exact) mass is 797 g/mol. The third kappa shape index (κ3) is 6.94. The third-order valence-electron chi connectivity index (χ3n) is 11.3. The summed E-state index contributed by atoms with van der Waals surface area (Å²) in [6, 6.07) is 66.6. The number of benzene rings is 10. The Hall–Kier alpha value is -8.20. The van der Waals surface area contributed by atoms with Gasteiger partial charge in [-0.05, 0) is 134 Å². The lowest BCUT2D eigenvalue weighted by Gasteiger charge is -2.26. The summed E-state index contributed by atoms with van der Waals surface area (Å²) in [5.41, 5.74) is 9.33. The molecule has 10 aromatic carbocycles. The number of para-hydroxylation sites is 2. The Morgan fingerprint density at radius 2 is 0.742 bits per heavy atom. The van der Waals surface area contributed by atoms with E-state index in [0.717, 1.165) is 49.7 Å². The fraction of sp³-hybridized carbons (Fsp3) is 0. The predicted octanol–water partition coefficient (Wildman–Crippen LogP) is 16.6. The largest absolute Gasteiger partial charge is 0.311 e. The van der Waals surface area contributed by atoms with E-state index in [2.05, 4.69) is 4.57 Å². The van der Waals surface area contributed by atoms with E-state index in [4.69, 9.17) is 0 Å². The average molecular weight is 798 g/mol. The molecule has 0 saturated carbocycles. The highest BCUT2D eigenvalue weighted by atomic mass is 15.1. The summed E-state index contributed by atoms with van der Waals surface area (Å²) in [5.74, 6) is 0. The van der Waals surface area contributed by atoms with Gasteiger partial charge in [-0.1, -0.05) is 176 Å². The highest BCUT2D eigenvalue weighted by Gasteiger charge is 2.18. The van der Waals surface area contributed by atoms with Crippen LogP contribution in [0.4, 0.5) is 17.1 Å². The summed E-state index contributed by atoms with van der Waals surface area (Å²) in [6.07, 6.45) is 0. The van der Waals surface area contributed by atoms with Gasteiger partial charge in [0.05, 0.1) is 20.6 Å². The fourth-order valence-electron chi connectivity index (χ4n) is 8.38. The summed E-state index contributed by atoms with van der Waals surface area (Å²) in [7, 11) is 0. The summed E-state index contributed by atoms with van der Waals surface area (Å²) in [4.78, 5) is 1.74. The minimum atomic E-state index is -0.401. The topological polar surface area (TPSA) is 8.17 Å². The quantitative estimate of drug-likeness (QED) is 0.141. The molecular formula is C60H42N2. The van der Waals surface area contributed by atoms with Crippen molar-refractivity contribution in [2.75, 3.05) is 4.90 Å². The molecule has 11 aromatic rings. The molecule has 0 aliphatic rings. The molecule has 0 saturated heterocycles. The molecule has 0 fully saturated rings. The fourth-order valence-corrected chi connectivity index (χ4v) is 8.38. The maximum atomic E-state index is 10.1. The molecule has 0 aliphatic heterocycles. The van der Waals surface area contributed by atoms with E-state index < -0.39 is 12.1 Å².